The molecular formula is C16H23NO3. The zero-order valence-corrected chi connectivity index (χ0v) is 12.4. The fraction of sp³-hybridized carbons (Fsp3) is 0.562. The van der Waals surface area contributed by atoms with E-state index in [0.29, 0.717) is 13.2 Å². The van der Waals surface area contributed by atoms with Gasteiger partial charge in [0, 0.05) is 18.7 Å². The number of benzene rings is 1. The van der Waals surface area contributed by atoms with Crippen LogP contribution in [0.1, 0.15) is 39.2 Å². The predicted molar refractivity (Wildman–Crippen MR) is 77.6 cm³/mol. The minimum absolute atomic E-state index is 0.0342. The van der Waals surface area contributed by atoms with Gasteiger partial charge in [-0.05, 0) is 39.7 Å². The fourth-order valence-corrected chi connectivity index (χ4v) is 2.16. The van der Waals surface area contributed by atoms with Crippen molar-refractivity contribution in [3.8, 4) is 5.75 Å². The molecule has 4 nitrogen and oxygen atoms in total. The highest BCUT2D eigenvalue weighted by Crippen LogP contribution is 2.23. The molecule has 1 aromatic carbocycles. The summed E-state index contributed by atoms with van der Waals surface area (Å²) in [5, 5.41) is 2.92. The molecule has 0 spiro atoms. The van der Waals surface area contributed by atoms with Crippen LogP contribution in [-0.4, -0.2) is 24.2 Å². The molecule has 0 radical (unpaired) electrons. The second kappa shape index (κ2) is 6.27. The molecule has 0 saturated carbocycles. The molecule has 1 unspecified atom stereocenters. The monoisotopic (exact) mass is 277 g/mol. The molecule has 1 atom stereocenters. The summed E-state index contributed by atoms with van der Waals surface area (Å²) in [6.07, 6.45) is 1.49. The molecule has 4 heteroatoms. The average Bonchev–Trinajstić information content (AvgIpc) is 2.89. The van der Waals surface area contributed by atoms with Crippen molar-refractivity contribution in [3.63, 3.8) is 0 Å². The van der Waals surface area contributed by atoms with E-state index in [9.17, 15) is 4.79 Å². The summed E-state index contributed by atoms with van der Waals surface area (Å²) in [6, 6.07) is 7.78. The summed E-state index contributed by atoms with van der Waals surface area (Å²) in [5.41, 5.74) is 0.725. The molecule has 0 bridgehead atoms. The first-order valence-electron chi connectivity index (χ1n) is 7.12. The predicted octanol–water partition coefficient (Wildman–Crippen LogP) is 2.66. The lowest BCUT2D eigenvalue weighted by Gasteiger charge is -2.23. The molecule has 20 heavy (non-hydrogen) atoms. The maximum Gasteiger partial charge on any atom is 0.249 e. The smallest absolute Gasteiger partial charge is 0.249 e. The van der Waals surface area contributed by atoms with Crippen molar-refractivity contribution in [1.82, 2.24) is 5.32 Å². The highest BCUT2D eigenvalue weighted by molar-refractivity contribution is 5.81. The summed E-state index contributed by atoms with van der Waals surface area (Å²) < 4.78 is 11.3. The Hall–Kier alpha value is -1.55. The number of carbonyl (C=O) groups excluding carboxylic acids is 1. The van der Waals surface area contributed by atoms with E-state index in [0.717, 1.165) is 24.2 Å². The van der Waals surface area contributed by atoms with E-state index >= 15 is 0 Å². The topological polar surface area (TPSA) is 47.6 Å². The third kappa shape index (κ3) is 4.23. The third-order valence-electron chi connectivity index (χ3n) is 3.06. The Labute approximate surface area is 120 Å². The average molecular weight is 277 g/mol. The van der Waals surface area contributed by atoms with Gasteiger partial charge in [0.05, 0.1) is 0 Å². The van der Waals surface area contributed by atoms with Gasteiger partial charge in [-0.25, -0.2) is 0 Å². The van der Waals surface area contributed by atoms with Crippen LogP contribution in [0.15, 0.2) is 24.3 Å². The summed E-state index contributed by atoms with van der Waals surface area (Å²) in [4.78, 5) is 11.9. The van der Waals surface area contributed by atoms with Crippen LogP contribution in [0.25, 0.3) is 0 Å². The van der Waals surface area contributed by atoms with Gasteiger partial charge in [0.1, 0.15) is 17.5 Å². The van der Waals surface area contributed by atoms with Gasteiger partial charge in [-0.15, -0.1) is 0 Å². The van der Waals surface area contributed by atoms with E-state index < -0.39 is 0 Å². The molecule has 0 aromatic heterocycles. The van der Waals surface area contributed by atoms with Crippen molar-refractivity contribution in [2.24, 2.45) is 0 Å². The van der Waals surface area contributed by atoms with Crippen molar-refractivity contribution in [2.75, 3.05) is 6.61 Å². The number of hydrogen-bond donors (Lipinski definition) is 1. The van der Waals surface area contributed by atoms with Crippen LogP contribution < -0.4 is 10.1 Å². The van der Waals surface area contributed by atoms with Crippen LogP contribution in [0.2, 0.25) is 0 Å². The Balaban J connectivity index is 1.96. The second-order valence-corrected chi connectivity index (χ2v) is 6.04. The number of carbonyl (C=O) groups is 1. The number of amides is 1. The SMILES string of the molecule is CC(C)(C)Oc1ccccc1CNC(=O)C1CCCO1. The summed E-state index contributed by atoms with van der Waals surface area (Å²) in [5.74, 6) is 0.778. The van der Waals surface area contributed by atoms with Gasteiger partial charge in [-0.3, -0.25) is 4.79 Å². The van der Waals surface area contributed by atoms with Crippen LogP contribution in [0.5, 0.6) is 5.75 Å². The first-order chi connectivity index (χ1) is 9.46. The maximum atomic E-state index is 11.9. The fourth-order valence-electron chi connectivity index (χ4n) is 2.16. The molecule has 2 rings (SSSR count). The van der Waals surface area contributed by atoms with Crippen molar-refractivity contribution < 1.29 is 14.3 Å². The van der Waals surface area contributed by atoms with Gasteiger partial charge in [0.15, 0.2) is 0 Å². The Morgan fingerprint density at radius 3 is 2.80 bits per heavy atom. The van der Waals surface area contributed by atoms with Crippen LogP contribution in [0.3, 0.4) is 0 Å². The maximum absolute atomic E-state index is 11.9. The largest absolute Gasteiger partial charge is 0.488 e. The van der Waals surface area contributed by atoms with Gasteiger partial charge in [-0.1, -0.05) is 18.2 Å². The molecule has 1 amide bonds. The van der Waals surface area contributed by atoms with E-state index in [1.54, 1.807) is 0 Å². The van der Waals surface area contributed by atoms with Crippen molar-refractivity contribution in [3.05, 3.63) is 29.8 Å². The molecule has 1 fully saturated rings. The number of nitrogens with one attached hydrogen (secondary N) is 1. The molecule has 1 heterocycles. The summed E-state index contributed by atoms with van der Waals surface area (Å²) >= 11 is 0. The Bertz CT molecular complexity index is 459. The molecule has 1 aliphatic heterocycles. The Morgan fingerprint density at radius 1 is 1.40 bits per heavy atom. The number of hydrogen-bond acceptors (Lipinski definition) is 3. The van der Waals surface area contributed by atoms with Crippen molar-refractivity contribution in [2.45, 2.75) is 51.9 Å². The van der Waals surface area contributed by atoms with Crippen molar-refractivity contribution >= 4 is 5.91 Å². The lowest BCUT2D eigenvalue weighted by atomic mass is 10.1. The molecule has 0 aliphatic carbocycles. The Morgan fingerprint density at radius 2 is 2.15 bits per heavy atom. The minimum atomic E-state index is -0.286. The van der Waals surface area contributed by atoms with Crippen LogP contribution >= 0.6 is 0 Å². The zero-order chi connectivity index (χ0) is 14.6. The van der Waals surface area contributed by atoms with Gasteiger partial charge < -0.3 is 14.8 Å². The standard InChI is InChI=1S/C16H23NO3/c1-16(2,3)20-13-8-5-4-7-12(13)11-17-15(18)14-9-6-10-19-14/h4-5,7-8,14H,6,9-11H2,1-3H3,(H,17,18). The summed E-state index contributed by atoms with van der Waals surface area (Å²) in [7, 11) is 0. The quantitative estimate of drug-likeness (QED) is 0.920. The Kier molecular flexibility index (Phi) is 4.65. The first kappa shape index (κ1) is 14.9. The second-order valence-electron chi connectivity index (χ2n) is 6.04. The van der Waals surface area contributed by atoms with Gasteiger partial charge in [0.2, 0.25) is 5.91 Å². The molecule has 1 saturated heterocycles. The van der Waals surface area contributed by atoms with Gasteiger partial charge in [0.25, 0.3) is 0 Å². The van der Waals surface area contributed by atoms with Crippen LogP contribution in [-0.2, 0) is 16.1 Å². The number of para-hydroxylation sites is 1. The lowest BCUT2D eigenvalue weighted by molar-refractivity contribution is -0.130. The van der Waals surface area contributed by atoms with E-state index in [1.807, 2.05) is 45.0 Å². The lowest BCUT2D eigenvalue weighted by Crippen LogP contribution is -2.34. The first-order valence-corrected chi connectivity index (χ1v) is 7.12. The van der Waals surface area contributed by atoms with Crippen molar-refractivity contribution in [1.29, 1.82) is 0 Å². The van der Waals surface area contributed by atoms with Gasteiger partial charge >= 0.3 is 0 Å². The van der Waals surface area contributed by atoms with E-state index in [1.165, 1.54) is 0 Å². The minimum Gasteiger partial charge on any atom is -0.488 e. The molecule has 1 N–H and O–H groups in total. The van der Waals surface area contributed by atoms with E-state index in [2.05, 4.69) is 5.32 Å². The number of rotatable bonds is 4. The molecule has 1 aliphatic rings. The van der Waals surface area contributed by atoms with Crippen LogP contribution in [0, 0.1) is 0 Å². The van der Waals surface area contributed by atoms with E-state index in [4.69, 9.17) is 9.47 Å². The molecular weight excluding hydrogens is 254 g/mol. The highest BCUT2D eigenvalue weighted by Gasteiger charge is 2.23. The van der Waals surface area contributed by atoms with E-state index in [-0.39, 0.29) is 17.6 Å². The molecule has 1 aromatic rings. The number of ether oxygens (including phenoxy) is 2. The van der Waals surface area contributed by atoms with Crippen LogP contribution in [0.4, 0.5) is 0 Å². The highest BCUT2D eigenvalue weighted by atomic mass is 16.5. The third-order valence-corrected chi connectivity index (χ3v) is 3.06. The zero-order valence-electron chi connectivity index (χ0n) is 12.4. The normalized spacial score (nSPS) is 18.9. The van der Waals surface area contributed by atoms with Gasteiger partial charge in [-0.2, -0.15) is 0 Å². The summed E-state index contributed by atoms with van der Waals surface area (Å²) in [6.45, 7) is 7.17. The molecule has 110 valence electrons.